The number of carbonyl (C=O) groups is 3. The molecule has 0 aromatic heterocycles. The summed E-state index contributed by atoms with van der Waals surface area (Å²) >= 11 is 1.29. The lowest BCUT2D eigenvalue weighted by molar-refractivity contribution is -0.134. The van der Waals surface area contributed by atoms with E-state index >= 15 is 0 Å². The number of amides is 4. The summed E-state index contributed by atoms with van der Waals surface area (Å²) < 4.78 is 0. The lowest BCUT2D eigenvalue weighted by Gasteiger charge is -2.30. The standard InChI is InChI=1S/C22H20N4O3S/c23-14-15-8-2-4-10-17(15)30-18-11-5-3-9-16(18)19(27)25-26-20(28)22(24-21(26)29)12-6-1-7-13-22/h2-5,8-11H,1,6-7,12-13H2,(H,24,29)(H,25,27). The second-order valence-electron chi connectivity index (χ2n) is 7.36. The average molecular weight is 420 g/mol. The fourth-order valence-electron chi connectivity index (χ4n) is 3.89. The molecule has 1 heterocycles. The highest BCUT2D eigenvalue weighted by Crippen LogP contribution is 2.34. The number of urea groups is 1. The SMILES string of the molecule is N#Cc1ccccc1Sc1ccccc1C(=O)NN1C(=O)NC2(CCCCC2)C1=O. The van der Waals surface area contributed by atoms with Gasteiger partial charge in [-0.3, -0.25) is 15.0 Å². The third-order valence-electron chi connectivity index (χ3n) is 5.44. The maximum atomic E-state index is 13.0. The monoisotopic (exact) mass is 420 g/mol. The number of imide groups is 1. The van der Waals surface area contributed by atoms with Crippen LogP contribution in [0.25, 0.3) is 0 Å². The molecule has 30 heavy (non-hydrogen) atoms. The van der Waals surface area contributed by atoms with E-state index in [9.17, 15) is 19.6 Å². The number of benzene rings is 2. The largest absolute Gasteiger partial charge is 0.344 e. The van der Waals surface area contributed by atoms with E-state index in [0.717, 1.165) is 29.2 Å². The molecule has 152 valence electrons. The maximum absolute atomic E-state index is 13.0. The second kappa shape index (κ2) is 8.20. The van der Waals surface area contributed by atoms with Crippen molar-refractivity contribution in [1.29, 1.82) is 5.26 Å². The summed E-state index contributed by atoms with van der Waals surface area (Å²) in [5.74, 6) is -0.954. The molecule has 1 saturated heterocycles. The lowest BCUT2D eigenvalue weighted by Crippen LogP contribution is -2.51. The molecule has 2 aliphatic rings. The fourth-order valence-corrected chi connectivity index (χ4v) is 4.91. The van der Waals surface area contributed by atoms with Gasteiger partial charge in [-0.05, 0) is 37.1 Å². The molecule has 2 fully saturated rings. The van der Waals surface area contributed by atoms with E-state index in [1.165, 1.54) is 11.8 Å². The predicted octanol–water partition coefficient (Wildman–Crippen LogP) is 3.61. The van der Waals surface area contributed by atoms with Crippen LogP contribution in [0.1, 0.15) is 48.0 Å². The van der Waals surface area contributed by atoms with Gasteiger partial charge in [0.05, 0.1) is 11.1 Å². The summed E-state index contributed by atoms with van der Waals surface area (Å²) in [6, 6.07) is 15.6. The number of hydrogen-bond donors (Lipinski definition) is 2. The molecule has 4 amide bonds. The molecule has 1 aliphatic heterocycles. The van der Waals surface area contributed by atoms with E-state index < -0.39 is 23.4 Å². The summed E-state index contributed by atoms with van der Waals surface area (Å²) in [4.78, 5) is 39.6. The zero-order valence-corrected chi connectivity index (χ0v) is 17.0. The maximum Gasteiger partial charge on any atom is 0.344 e. The van der Waals surface area contributed by atoms with Crippen LogP contribution in [0.4, 0.5) is 4.79 Å². The van der Waals surface area contributed by atoms with Crippen molar-refractivity contribution in [2.24, 2.45) is 0 Å². The first-order valence-electron chi connectivity index (χ1n) is 9.78. The molecule has 2 aromatic rings. The van der Waals surface area contributed by atoms with Crippen LogP contribution in [0.15, 0.2) is 58.3 Å². The number of carbonyl (C=O) groups excluding carboxylic acids is 3. The van der Waals surface area contributed by atoms with Gasteiger partial charge in [0.15, 0.2) is 0 Å². The van der Waals surface area contributed by atoms with Gasteiger partial charge in [-0.2, -0.15) is 10.3 Å². The third kappa shape index (κ3) is 3.64. The molecule has 4 rings (SSSR count). The van der Waals surface area contributed by atoms with Gasteiger partial charge < -0.3 is 5.32 Å². The van der Waals surface area contributed by atoms with E-state index in [2.05, 4.69) is 16.8 Å². The van der Waals surface area contributed by atoms with Gasteiger partial charge in [-0.1, -0.05) is 55.3 Å². The number of hydrogen-bond acceptors (Lipinski definition) is 5. The first-order valence-corrected chi connectivity index (χ1v) is 10.6. The van der Waals surface area contributed by atoms with E-state index in [0.29, 0.717) is 28.9 Å². The van der Waals surface area contributed by atoms with E-state index in [4.69, 9.17) is 0 Å². The molecule has 7 nitrogen and oxygen atoms in total. The first kappa shape index (κ1) is 20.0. The Hall–Kier alpha value is -3.31. The molecule has 1 saturated carbocycles. The summed E-state index contributed by atoms with van der Waals surface area (Å²) in [6.45, 7) is 0. The quantitative estimate of drug-likeness (QED) is 0.736. The molecule has 2 aromatic carbocycles. The summed E-state index contributed by atoms with van der Waals surface area (Å²) in [7, 11) is 0. The van der Waals surface area contributed by atoms with Crippen molar-refractivity contribution in [2.45, 2.75) is 47.4 Å². The van der Waals surface area contributed by atoms with Gasteiger partial charge in [0.2, 0.25) is 0 Å². The van der Waals surface area contributed by atoms with Gasteiger partial charge in [-0.25, -0.2) is 4.79 Å². The van der Waals surface area contributed by atoms with Crippen LogP contribution >= 0.6 is 11.8 Å². The van der Waals surface area contributed by atoms with Crippen molar-refractivity contribution in [1.82, 2.24) is 15.8 Å². The van der Waals surface area contributed by atoms with E-state index in [1.807, 2.05) is 12.1 Å². The van der Waals surface area contributed by atoms with Crippen LogP contribution in [-0.4, -0.2) is 28.4 Å². The fraction of sp³-hybridized carbons (Fsp3) is 0.273. The molecular weight excluding hydrogens is 400 g/mol. The Morgan fingerprint density at radius 2 is 1.70 bits per heavy atom. The minimum atomic E-state index is -0.900. The number of nitriles is 1. The van der Waals surface area contributed by atoms with Crippen molar-refractivity contribution < 1.29 is 14.4 Å². The average Bonchev–Trinajstić information content (AvgIpc) is 2.98. The summed E-state index contributed by atoms with van der Waals surface area (Å²) in [6.07, 6.45) is 3.94. The van der Waals surface area contributed by atoms with Gasteiger partial charge in [-0.15, -0.1) is 0 Å². The lowest BCUT2D eigenvalue weighted by atomic mass is 9.82. The molecule has 0 atom stereocenters. The van der Waals surface area contributed by atoms with Crippen LogP contribution in [0.5, 0.6) is 0 Å². The number of rotatable bonds is 4. The molecular formula is C22H20N4O3S. The summed E-state index contributed by atoms with van der Waals surface area (Å²) in [5.41, 5.74) is 2.40. The molecule has 8 heteroatoms. The Morgan fingerprint density at radius 3 is 2.43 bits per heavy atom. The van der Waals surface area contributed by atoms with Crippen molar-refractivity contribution in [3.8, 4) is 6.07 Å². The molecule has 0 radical (unpaired) electrons. The van der Waals surface area contributed by atoms with Crippen molar-refractivity contribution in [3.05, 3.63) is 59.7 Å². The van der Waals surface area contributed by atoms with Gasteiger partial charge in [0.1, 0.15) is 11.6 Å². The van der Waals surface area contributed by atoms with E-state index in [1.54, 1.807) is 36.4 Å². The number of nitrogens with zero attached hydrogens (tertiary/aromatic N) is 2. The topological polar surface area (TPSA) is 102 Å². The van der Waals surface area contributed by atoms with Crippen LogP contribution in [0, 0.1) is 11.3 Å². The first-order chi connectivity index (χ1) is 14.5. The van der Waals surface area contributed by atoms with Crippen LogP contribution in [0.3, 0.4) is 0 Å². The Morgan fingerprint density at radius 1 is 1.03 bits per heavy atom. The number of hydrazine groups is 1. The Bertz CT molecular complexity index is 1060. The molecule has 0 bridgehead atoms. The van der Waals surface area contributed by atoms with Crippen LogP contribution in [0.2, 0.25) is 0 Å². The zero-order chi connectivity index (χ0) is 21.1. The molecule has 2 N–H and O–H groups in total. The third-order valence-corrected chi connectivity index (χ3v) is 6.59. The minimum absolute atomic E-state index is 0.320. The van der Waals surface area contributed by atoms with Crippen LogP contribution in [-0.2, 0) is 4.79 Å². The smallest absolute Gasteiger partial charge is 0.322 e. The number of nitrogens with one attached hydrogen (secondary N) is 2. The van der Waals surface area contributed by atoms with Crippen LogP contribution < -0.4 is 10.7 Å². The molecule has 1 aliphatic carbocycles. The van der Waals surface area contributed by atoms with Crippen molar-refractivity contribution >= 4 is 29.6 Å². The summed E-state index contributed by atoms with van der Waals surface area (Å²) in [5, 5.41) is 12.9. The molecule has 1 spiro atoms. The normalized spacial score (nSPS) is 17.5. The van der Waals surface area contributed by atoms with Gasteiger partial charge in [0.25, 0.3) is 11.8 Å². The van der Waals surface area contributed by atoms with Crippen molar-refractivity contribution in [3.63, 3.8) is 0 Å². The molecule has 0 unspecified atom stereocenters. The second-order valence-corrected chi connectivity index (χ2v) is 8.44. The highest BCUT2D eigenvalue weighted by Gasteiger charge is 2.52. The highest BCUT2D eigenvalue weighted by atomic mass is 32.2. The highest BCUT2D eigenvalue weighted by molar-refractivity contribution is 7.99. The minimum Gasteiger partial charge on any atom is -0.322 e. The van der Waals surface area contributed by atoms with Crippen molar-refractivity contribution in [2.75, 3.05) is 0 Å². The van der Waals surface area contributed by atoms with E-state index in [-0.39, 0.29) is 0 Å². The Balaban J connectivity index is 1.55. The predicted molar refractivity (Wildman–Crippen MR) is 110 cm³/mol. The Labute approximate surface area is 178 Å². The Kier molecular flexibility index (Phi) is 5.46. The van der Waals surface area contributed by atoms with Gasteiger partial charge in [0, 0.05) is 9.79 Å². The van der Waals surface area contributed by atoms with Gasteiger partial charge >= 0.3 is 6.03 Å². The zero-order valence-electron chi connectivity index (χ0n) is 16.2.